The molecule has 12 heteroatoms. The van der Waals surface area contributed by atoms with Gasteiger partial charge < -0.3 is 36.1 Å². The van der Waals surface area contributed by atoms with E-state index in [0.29, 0.717) is 6.61 Å². The molecule has 2 heterocycles. The molecule has 1 amide bonds. The number of nitrogens with zero attached hydrogens (tertiary/aromatic N) is 1. The Hall–Kier alpha value is -2.90. The van der Waals surface area contributed by atoms with Crippen LogP contribution < -0.4 is 16.8 Å². The van der Waals surface area contributed by atoms with E-state index in [0.717, 1.165) is 12.0 Å². The van der Waals surface area contributed by atoms with Gasteiger partial charge in [0, 0.05) is 13.1 Å². The van der Waals surface area contributed by atoms with Crippen LogP contribution in [0.2, 0.25) is 0 Å². The highest BCUT2D eigenvalue weighted by atomic mass is 32.2. The van der Waals surface area contributed by atoms with Crippen LogP contribution in [0.4, 0.5) is 16.2 Å². The van der Waals surface area contributed by atoms with Crippen LogP contribution in [0.3, 0.4) is 0 Å². The molecule has 0 radical (unpaired) electrons. The molecule has 214 valence electrons. The average molecular weight is 563 g/mol. The van der Waals surface area contributed by atoms with Crippen LogP contribution in [0.15, 0.2) is 53.4 Å². The molecule has 5 atom stereocenters. The number of aliphatic hydroxyl groups excluding tert-OH is 1. The molecule has 0 bridgehead atoms. The van der Waals surface area contributed by atoms with Gasteiger partial charge in [0.15, 0.2) is 6.29 Å². The van der Waals surface area contributed by atoms with Crippen molar-refractivity contribution in [2.45, 2.75) is 56.1 Å². The molecule has 2 saturated heterocycles. The Morgan fingerprint density at radius 1 is 1.13 bits per heavy atom. The van der Waals surface area contributed by atoms with E-state index in [1.807, 2.05) is 44.2 Å². The molecule has 11 nitrogen and oxygen atoms in total. The molecule has 0 saturated carbocycles. The number of ether oxygens (including phenoxy) is 3. The monoisotopic (exact) mass is 562 g/mol. The summed E-state index contributed by atoms with van der Waals surface area (Å²) >= 11 is 0. The molecule has 0 spiro atoms. The fraction of sp³-hybridized carbons (Fsp3) is 0.519. The molecule has 2 aromatic rings. The lowest BCUT2D eigenvalue weighted by Crippen LogP contribution is -2.51. The second-order valence-corrected chi connectivity index (χ2v) is 12.4. The number of rotatable bonds is 11. The van der Waals surface area contributed by atoms with E-state index in [9.17, 15) is 18.3 Å². The second-order valence-electron chi connectivity index (χ2n) is 10.5. The van der Waals surface area contributed by atoms with Crippen molar-refractivity contribution in [2.24, 2.45) is 11.8 Å². The molecule has 2 fully saturated rings. The predicted octanol–water partition coefficient (Wildman–Crippen LogP) is 1.96. The minimum absolute atomic E-state index is 0.0244. The van der Waals surface area contributed by atoms with Gasteiger partial charge in [0.1, 0.15) is 6.10 Å². The normalized spacial score (nSPS) is 22.5. The first-order chi connectivity index (χ1) is 18.5. The lowest BCUT2D eigenvalue weighted by Gasteiger charge is -2.31. The standard InChI is InChI=1S/C27H38N4O7S/c1-17(2)14-31(39(34,35)19-8-9-21(28)22(29)13-19)15-24(32)23(12-18-6-4-3-5-7-18)30-27(33)38-25-16-37-26-20(25)10-11-36-26/h3-9,13,17,20,23-26,32H,10-12,14-16,28-29H2,1-2H3,(H,30,33). The fourth-order valence-electron chi connectivity index (χ4n) is 4.90. The minimum atomic E-state index is -4.03. The van der Waals surface area contributed by atoms with Crippen LogP contribution in [0.5, 0.6) is 0 Å². The van der Waals surface area contributed by atoms with Gasteiger partial charge in [-0.25, -0.2) is 13.2 Å². The van der Waals surface area contributed by atoms with Crippen LogP contribution >= 0.6 is 0 Å². The van der Waals surface area contributed by atoms with E-state index in [1.165, 1.54) is 22.5 Å². The number of amides is 1. The van der Waals surface area contributed by atoms with Crippen molar-refractivity contribution in [1.82, 2.24) is 9.62 Å². The number of fused-ring (bicyclic) bond motifs is 1. The largest absolute Gasteiger partial charge is 0.443 e. The Balaban J connectivity index is 1.52. The molecular formula is C27H38N4O7S. The molecular weight excluding hydrogens is 524 g/mol. The number of anilines is 2. The van der Waals surface area contributed by atoms with Gasteiger partial charge in [0.25, 0.3) is 0 Å². The topological polar surface area (TPSA) is 166 Å². The summed E-state index contributed by atoms with van der Waals surface area (Å²) in [6.07, 6.45) is -1.79. The highest BCUT2D eigenvalue weighted by Crippen LogP contribution is 2.33. The van der Waals surface area contributed by atoms with Gasteiger partial charge >= 0.3 is 6.09 Å². The number of hydrogen-bond acceptors (Lipinski definition) is 9. The number of aliphatic hydroxyl groups is 1. The van der Waals surface area contributed by atoms with Gasteiger partial charge in [-0.15, -0.1) is 0 Å². The molecule has 2 aromatic carbocycles. The molecule has 0 aromatic heterocycles. The number of nitrogens with one attached hydrogen (secondary N) is 1. The Kier molecular flexibility index (Phi) is 9.34. The van der Waals surface area contributed by atoms with Crippen molar-refractivity contribution >= 4 is 27.5 Å². The van der Waals surface area contributed by atoms with Crippen LogP contribution in [0.25, 0.3) is 0 Å². The van der Waals surface area contributed by atoms with Gasteiger partial charge in [-0.3, -0.25) is 0 Å². The molecule has 6 N–H and O–H groups in total. The van der Waals surface area contributed by atoms with Gasteiger partial charge in [-0.1, -0.05) is 44.2 Å². The molecule has 0 aliphatic carbocycles. The third-order valence-electron chi connectivity index (χ3n) is 6.97. The smallest absolute Gasteiger partial charge is 0.407 e. The lowest BCUT2D eigenvalue weighted by atomic mass is 10.0. The Bertz CT molecular complexity index is 1230. The first-order valence-corrected chi connectivity index (χ1v) is 14.6. The number of hydrogen-bond donors (Lipinski definition) is 4. The maximum Gasteiger partial charge on any atom is 0.407 e. The maximum absolute atomic E-state index is 13.6. The zero-order valence-electron chi connectivity index (χ0n) is 22.2. The minimum Gasteiger partial charge on any atom is -0.443 e. The van der Waals surface area contributed by atoms with E-state index in [-0.39, 0.29) is 60.5 Å². The third-order valence-corrected chi connectivity index (χ3v) is 8.79. The van der Waals surface area contributed by atoms with Crippen LogP contribution in [-0.2, 0) is 30.7 Å². The number of nitrogens with two attached hydrogens (primary N) is 2. The van der Waals surface area contributed by atoms with E-state index < -0.39 is 34.4 Å². The SMILES string of the molecule is CC(C)CN(CC(O)C(Cc1ccccc1)NC(=O)OC1COC2OCCC12)S(=O)(=O)c1ccc(N)c(N)c1. The summed E-state index contributed by atoms with van der Waals surface area (Å²) in [4.78, 5) is 12.9. The Morgan fingerprint density at radius 2 is 1.87 bits per heavy atom. The van der Waals surface area contributed by atoms with Crippen molar-refractivity contribution in [3.63, 3.8) is 0 Å². The van der Waals surface area contributed by atoms with Crippen molar-refractivity contribution < 1.29 is 32.5 Å². The highest BCUT2D eigenvalue weighted by molar-refractivity contribution is 7.89. The number of carbonyl (C=O) groups is 1. The summed E-state index contributed by atoms with van der Waals surface area (Å²) in [6.45, 7) is 4.44. The molecule has 2 aliphatic rings. The first-order valence-electron chi connectivity index (χ1n) is 13.1. The molecule has 5 unspecified atom stereocenters. The Morgan fingerprint density at radius 3 is 2.56 bits per heavy atom. The van der Waals surface area contributed by atoms with E-state index in [1.54, 1.807) is 0 Å². The summed E-state index contributed by atoms with van der Waals surface area (Å²) in [7, 11) is -4.03. The van der Waals surface area contributed by atoms with Crippen LogP contribution in [-0.4, -0.2) is 74.8 Å². The van der Waals surface area contributed by atoms with Crippen molar-refractivity contribution in [3.05, 3.63) is 54.1 Å². The number of nitrogen functional groups attached to an aromatic ring is 2. The van der Waals surface area contributed by atoms with E-state index in [2.05, 4.69) is 5.32 Å². The number of alkyl carbamates (subject to hydrolysis) is 1. The third kappa shape index (κ3) is 7.20. The number of sulfonamides is 1. The zero-order valence-corrected chi connectivity index (χ0v) is 23.0. The van der Waals surface area contributed by atoms with Gasteiger partial charge in [-0.05, 0) is 42.5 Å². The van der Waals surface area contributed by atoms with Crippen molar-refractivity contribution in [2.75, 3.05) is 37.8 Å². The maximum atomic E-state index is 13.6. The zero-order chi connectivity index (χ0) is 28.2. The lowest BCUT2D eigenvalue weighted by molar-refractivity contribution is -0.0907. The number of benzene rings is 2. The average Bonchev–Trinajstić information content (AvgIpc) is 3.50. The molecule has 2 aliphatic heterocycles. The molecule has 4 rings (SSSR count). The fourth-order valence-corrected chi connectivity index (χ4v) is 6.56. The summed E-state index contributed by atoms with van der Waals surface area (Å²) in [5.74, 6) is -0.0696. The van der Waals surface area contributed by atoms with Gasteiger partial charge in [0.05, 0.1) is 47.5 Å². The number of carbonyl (C=O) groups excluding carboxylic acids is 1. The van der Waals surface area contributed by atoms with E-state index in [4.69, 9.17) is 25.7 Å². The van der Waals surface area contributed by atoms with Crippen LogP contribution in [0, 0.1) is 11.8 Å². The first kappa shape index (κ1) is 29.1. The van der Waals surface area contributed by atoms with Crippen molar-refractivity contribution in [1.29, 1.82) is 0 Å². The molecule has 39 heavy (non-hydrogen) atoms. The van der Waals surface area contributed by atoms with E-state index >= 15 is 0 Å². The summed E-state index contributed by atoms with van der Waals surface area (Å²) in [6, 6.07) is 12.6. The summed E-state index contributed by atoms with van der Waals surface area (Å²) < 4.78 is 45.1. The van der Waals surface area contributed by atoms with Crippen molar-refractivity contribution in [3.8, 4) is 0 Å². The predicted molar refractivity (Wildman–Crippen MR) is 146 cm³/mol. The summed E-state index contributed by atoms with van der Waals surface area (Å²) in [5, 5.41) is 14.1. The second kappa shape index (κ2) is 12.5. The van der Waals surface area contributed by atoms with Gasteiger partial charge in [0.2, 0.25) is 10.0 Å². The quantitative estimate of drug-likeness (QED) is 0.299. The Labute approximate surface area is 229 Å². The van der Waals surface area contributed by atoms with Gasteiger partial charge in [-0.2, -0.15) is 4.31 Å². The summed E-state index contributed by atoms with van der Waals surface area (Å²) in [5.41, 5.74) is 12.9. The highest BCUT2D eigenvalue weighted by Gasteiger charge is 2.44. The van der Waals surface area contributed by atoms with Crippen LogP contribution in [0.1, 0.15) is 25.8 Å².